The van der Waals surface area contributed by atoms with Crippen LogP contribution >= 0.6 is 0 Å². The van der Waals surface area contributed by atoms with Crippen molar-refractivity contribution in [3.05, 3.63) is 12.2 Å². The van der Waals surface area contributed by atoms with Crippen LogP contribution in [-0.2, 0) is 9.53 Å². The number of carbonyl (C=O) groups excluding carboxylic acids is 1. The molecule has 0 spiro atoms. The van der Waals surface area contributed by atoms with Gasteiger partial charge >= 0.3 is 5.97 Å². The number of hydrogen-bond donors (Lipinski definition) is 0. The Bertz CT molecular complexity index is 724. The van der Waals surface area contributed by atoms with E-state index in [0.717, 1.165) is 47.8 Å². The molecule has 2 heteroatoms. The minimum atomic E-state index is -0.166. The van der Waals surface area contributed by atoms with Gasteiger partial charge in [0.25, 0.3) is 0 Å². The molecule has 2 nitrogen and oxygen atoms in total. The molecular formula is C31H52O2. The van der Waals surface area contributed by atoms with Gasteiger partial charge in [-0.2, -0.15) is 0 Å². The maximum atomic E-state index is 12.5. The van der Waals surface area contributed by atoms with Crippen molar-refractivity contribution in [2.45, 2.75) is 125 Å². The van der Waals surface area contributed by atoms with Crippen LogP contribution in [0.4, 0.5) is 0 Å². The number of rotatable bonds is 7. The van der Waals surface area contributed by atoms with Crippen LogP contribution in [0.2, 0.25) is 0 Å². The molecule has 4 saturated carbocycles. The van der Waals surface area contributed by atoms with Crippen LogP contribution in [0, 0.1) is 52.3 Å². The quantitative estimate of drug-likeness (QED) is 0.283. The van der Waals surface area contributed by atoms with Crippen molar-refractivity contribution in [1.82, 2.24) is 0 Å². The lowest BCUT2D eigenvalue weighted by Crippen LogP contribution is -2.58. The highest BCUT2D eigenvalue weighted by molar-refractivity contribution is 5.87. The van der Waals surface area contributed by atoms with Crippen LogP contribution in [0.1, 0.15) is 119 Å². The van der Waals surface area contributed by atoms with Crippen molar-refractivity contribution < 1.29 is 9.53 Å². The van der Waals surface area contributed by atoms with E-state index in [1.165, 1.54) is 70.6 Å². The molecule has 4 fully saturated rings. The summed E-state index contributed by atoms with van der Waals surface area (Å²) in [7, 11) is 0. The molecule has 4 aliphatic rings. The predicted octanol–water partition coefficient (Wildman–Crippen LogP) is 8.60. The molecule has 0 aliphatic heterocycles. The first-order chi connectivity index (χ1) is 15.6. The molecule has 0 heterocycles. The second-order valence-electron chi connectivity index (χ2n) is 13.7. The lowest BCUT2D eigenvalue weighted by molar-refractivity contribution is -0.189. The molecular weight excluding hydrogens is 404 g/mol. The Labute approximate surface area is 204 Å². The van der Waals surface area contributed by atoms with E-state index in [9.17, 15) is 4.79 Å². The van der Waals surface area contributed by atoms with E-state index < -0.39 is 0 Å². The summed E-state index contributed by atoms with van der Waals surface area (Å²) in [5, 5.41) is 0. The standard InChI is InChI=1S/C31H52O2/c1-20(2)10-8-11-22(5)25-16-17-26-24-15-14-23-12-9-13-28(33-29(32)21(3)4)31(23,7)27(24)18-19-30(25,26)6/h20,22-28H,3,8-19H2,1-2,4-7H3/t22-,23+,24+,25-,26-,27-,28?,30+,31-/m0/s1. The van der Waals surface area contributed by atoms with Crippen molar-refractivity contribution in [3.8, 4) is 0 Å². The molecule has 4 aliphatic carbocycles. The van der Waals surface area contributed by atoms with Crippen molar-refractivity contribution in [2.75, 3.05) is 0 Å². The summed E-state index contributed by atoms with van der Waals surface area (Å²) in [6, 6.07) is 0. The number of hydrogen-bond acceptors (Lipinski definition) is 2. The summed E-state index contributed by atoms with van der Waals surface area (Å²) in [6.45, 7) is 18.1. The summed E-state index contributed by atoms with van der Waals surface area (Å²) in [6.07, 6.45) is 16.3. The summed E-state index contributed by atoms with van der Waals surface area (Å²) in [5.74, 6) is 5.61. The largest absolute Gasteiger partial charge is 0.458 e. The summed E-state index contributed by atoms with van der Waals surface area (Å²) >= 11 is 0. The van der Waals surface area contributed by atoms with Gasteiger partial charge in [-0.25, -0.2) is 4.79 Å². The van der Waals surface area contributed by atoms with E-state index in [1.54, 1.807) is 6.92 Å². The SMILES string of the molecule is C=C(C)C(=O)OC1CCC[C@@H]2CC[C@@H]3[C@@H]4CC[C@@H]([C@@H](C)CCCC(C)C)[C@@]4(C)CC[C@@H]3[C@@]12C. The molecule has 33 heavy (non-hydrogen) atoms. The van der Waals surface area contributed by atoms with Crippen molar-refractivity contribution >= 4 is 5.97 Å². The lowest BCUT2D eigenvalue weighted by atomic mass is 9.44. The van der Waals surface area contributed by atoms with Gasteiger partial charge < -0.3 is 4.74 Å². The topological polar surface area (TPSA) is 26.3 Å². The second kappa shape index (κ2) is 9.69. The van der Waals surface area contributed by atoms with Crippen LogP contribution in [0.5, 0.6) is 0 Å². The molecule has 0 aromatic carbocycles. The molecule has 0 aromatic rings. The van der Waals surface area contributed by atoms with E-state index in [4.69, 9.17) is 4.74 Å². The number of ether oxygens (including phenoxy) is 1. The zero-order chi connectivity index (χ0) is 24.0. The normalized spacial score (nSPS) is 43.4. The van der Waals surface area contributed by atoms with Gasteiger partial charge in [-0.05, 0) is 112 Å². The van der Waals surface area contributed by atoms with Crippen LogP contribution in [-0.4, -0.2) is 12.1 Å². The molecule has 0 N–H and O–H groups in total. The summed E-state index contributed by atoms with van der Waals surface area (Å²) in [5.41, 5.74) is 1.24. The third-order valence-corrected chi connectivity index (χ3v) is 11.5. The highest BCUT2D eigenvalue weighted by atomic mass is 16.5. The first kappa shape index (κ1) is 25.3. The lowest BCUT2D eigenvalue weighted by Gasteiger charge is -2.62. The molecule has 0 saturated heterocycles. The fourth-order valence-electron chi connectivity index (χ4n) is 9.73. The van der Waals surface area contributed by atoms with Gasteiger partial charge in [0.05, 0.1) is 0 Å². The zero-order valence-corrected chi connectivity index (χ0v) is 22.6. The first-order valence-corrected chi connectivity index (χ1v) is 14.5. The Balaban J connectivity index is 1.52. The predicted molar refractivity (Wildman–Crippen MR) is 138 cm³/mol. The average Bonchev–Trinajstić information content (AvgIpc) is 3.11. The Morgan fingerprint density at radius 1 is 0.970 bits per heavy atom. The first-order valence-electron chi connectivity index (χ1n) is 14.5. The van der Waals surface area contributed by atoms with Crippen molar-refractivity contribution in [1.29, 1.82) is 0 Å². The van der Waals surface area contributed by atoms with Gasteiger partial charge in [0.2, 0.25) is 0 Å². The van der Waals surface area contributed by atoms with Gasteiger partial charge in [0.1, 0.15) is 6.10 Å². The maximum absolute atomic E-state index is 12.5. The van der Waals surface area contributed by atoms with E-state index in [-0.39, 0.29) is 17.5 Å². The smallest absolute Gasteiger partial charge is 0.333 e. The summed E-state index contributed by atoms with van der Waals surface area (Å²) in [4.78, 5) is 12.5. The van der Waals surface area contributed by atoms with Crippen LogP contribution in [0.3, 0.4) is 0 Å². The number of carbonyl (C=O) groups is 1. The van der Waals surface area contributed by atoms with Crippen molar-refractivity contribution in [2.24, 2.45) is 52.3 Å². The van der Waals surface area contributed by atoms with Gasteiger partial charge in [-0.1, -0.05) is 60.5 Å². The molecule has 4 rings (SSSR count). The monoisotopic (exact) mass is 456 g/mol. The Kier molecular flexibility index (Phi) is 7.43. The van der Waals surface area contributed by atoms with Gasteiger partial charge in [0.15, 0.2) is 0 Å². The van der Waals surface area contributed by atoms with E-state index >= 15 is 0 Å². The minimum Gasteiger partial charge on any atom is -0.458 e. The van der Waals surface area contributed by atoms with Crippen LogP contribution in [0.25, 0.3) is 0 Å². The Morgan fingerprint density at radius 2 is 1.73 bits per heavy atom. The number of fused-ring (bicyclic) bond motifs is 5. The molecule has 0 radical (unpaired) electrons. The summed E-state index contributed by atoms with van der Waals surface area (Å²) < 4.78 is 6.20. The maximum Gasteiger partial charge on any atom is 0.333 e. The third-order valence-electron chi connectivity index (χ3n) is 11.5. The van der Waals surface area contributed by atoms with Gasteiger partial charge in [0, 0.05) is 11.0 Å². The molecule has 9 atom stereocenters. The van der Waals surface area contributed by atoms with E-state index in [0.29, 0.717) is 11.0 Å². The fourth-order valence-corrected chi connectivity index (χ4v) is 9.73. The fraction of sp³-hybridized carbons (Fsp3) is 0.903. The Morgan fingerprint density at radius 3 is 2.42 bits per heavy atom. The minimum absolute atomic E-state index is 0.0877. The highest BCUT2D eigenvalue weighted by Gasteiger charge is 2.62. The van der Waals surface area contributed by atoms with Crippen molar-refractivity contribution in [3.63, 3.8) is 0 Å². The third kappa shape index (κ3) is 4.47. The number of esters is 1. The molecule has 0 aromatic heterocycles. The van der Waals surface area contributed by atoms with E-state index in [1.807, 2.05) is 0 Å². The zero-order valence-electron chi connectivity index (χ0n) is 22.6. The van der Waals surface area contributed by atoms with Crippen LogP contribution < -0.4 is 0 Å². The van der Waals surface area contributed by atoms with Crippen LogP contribution in [0.15, 0.2) is 12.2 Å². The average molecular weight is 457 g/mol. The molecule has 0 bridgehead atoms. The van der Waals surface area contributed by atoms with Gasteiger partial charge in [-0.15, -0.1) is 0 Å². The highest BCUT2D eigenvalue weighted by Crippen LogP contribution is 2.68. The van der Waals surface area contributed by atoms with Gasteiger partial charge in [-0.3, -0.25) is 0 Å². The second-order valence-corrected chi connectivity index (χ2v) is 13.7. The van der Waals surface area contributed by atoms with E-state index in [2.05, 4.69) is 41.2 Å². The molecule has 0 amide bonds. The molecule has 1 unspecified atom stereocenters. The Hall–Kier alpha value is -0.790. The molecule has 188 valence electrons.